The number of hydrogen-bond acceptors (Lipinski definition) is 6. The first kappa shape index (κ1) is 14.1. The highest BCUT2D eigenvalue weighted by molar-refractivity contribution is 7.99. The standard InChI is InChI=1S/C13H19N3O2S/c1-8-6-11(10(3)17-8)13-16-15-12(18-13)7-19-9(2)4-5-14/h6,9H,4-5,7,14H2,1-3H3. The Morgan fingerprint density at radius 1 is 1.32 bits per heavy atom. The Hall–Kier alpha value is -1.27. The highest BCUT2D eigenvalue weighted by atomic mass is 32.2. The smallest absolute Gasteiger partial charge is 0.251 e. The summed E-state index contributed by atoms with van der Waals surface area (Å²) in [5, 5.41) is 8.63. The Kier molecular flexibility index (Phi) is 4.66. The third-order valence-corrected chi connectivity index (χ3v) is 4.02. The number of aryl methyl sites for hydroxylation is 2. The third-order valence-electron chi connectivity index (χ3n) is 2.80. The minimum Gasteiger partial charge on any atom is -0.466 e. The summed E-state index contributed by atoms with van der Waals surface area (Å²) >= 11 is 1.77. The molecule has 19 heavy (non-hydrogen) atoms. The van der Waals surface area contributed by atoms with E-state index in [4.69, 9.17) is 14.6 Å². The summed E-state index contributed by atoms with van der Waals surface area (Å²) in [5.41, 5.74) is 6.39. The summed E-state index contributed by atoms with van der Waals surface area (Å²) in [6.07, 6.45) is 0.992. The number of aromatic nitrogens is 2. The van der Waals surface area contributed by atoms with Crippen molar-refractivity contribution in [3.8, 4) is 11.5 Å². The van der Waals surface area contributed by atoms with E-state index in [-0.39, 0.29) is 0 Å². The summed E-state index contributed by atoms with van der Waals surface area (Å²) in [6, 6.07) is 1.91. The van der Waals surface area contributed by atoms with E-state index >= 15 is 0 Å². The molecule has 1 atom stereocenters. The Bertz CT molecular complexity index is 536. The lowest BCUT2D eigenvalue weighted by Crippen LogP contribution is -2.07. The SMILES string of the molecule is Cc1cc(-c2nnc(CSC(C)CCN)o2)c(C)o1. The molecule has 6 heteroatoms. The van der Waals surface area contributed by atoms with Crippen LogP contribution < -0.4 is 5.73 Å². The zero-order chi connectivity index (χ0) is 13.8. The van der Waals surface area contributed by atoms with Crippen LogP contribution in [0.2, 0.25) is 0 Å². The van der Waals surface area contributed by atoms with Gasteiger partial charge in [0, 0.05) is 5.25 Å². The molecule has 0 aliphatic rings. The van der Waals surface area contributed by atoms with Gasteiger partial charge in [0.05, 0.1) is 11.3 Å². The van der Waals surface area contributed by atoms with Crippen molar-refractivity contribution in [1.82, 2.24) is 10.2 Å². The van der Waals surface area contributed by atoms with Crippen molar-refractivity contribution < 1.29 is 8.83 Å². The third kappa shape index (κ3) is 3.61. The van der Waals surface area contributed by atoms with E-state index in [9.17, 15) is 0 Å². The number of hydrogen-bond donors (Lipinski definition) is 1. The van der Waals surface area contributed by atoms with Crippen molar-refractivity contribution in [3.05, 3.63) is 23.5 Å². The predicted octanol–water partition coefficient (Wildman–Crippen LogP) is 2.92. The second kappa shape index (κ2) is 6.25. The number of nitrogens with zero attached hydrogens (tertiary/aromatic N) is 2. The van der Waals surface area contributed by atoms with Gasteiger partial charge in [0.25, 0.3) is 5.89 Å². The number of rotatable bonds is 6. The van der Waals surface area contributed by atoms with Crippen LogP contribution in [0.25, 0.3) is 11.5 Å². The van der Waals surface area contributed by atoms with Gasteiger partial charge in [0.15, 0.2) is 0 Å². The summed E-state index contributed by atoms with van der Waals surface area (Å²) in [5.74, 6) is 3.53. The molecule has 0 aromatic carbocycles. The largest absolute Gasteiger partial charge is 0.466 e. The van der Waals surface area contributed by atoms with Crippen molar-refractivity contribution >= 4 is 11.8 Å². The van der Waals surface area contributed by atoms with Crippen molar-refractivity contribution in [2.75, 3.05) is 6.54 Å². The second-order valence-corrected chi connectivity index (χ2v) is 5.95. The van der Waals surface area contributed by atoms with E-state index in [0.717, 1.165) is 23.5 Å². The summed E-state index contributed by atoms with van der Waals surface area (Å²) in [6.45, 7) is 6.65. The lowest BCUT2D eigenvalue weighted by atomic mass is 10.2. The van der Waals surface area contributed by atoms with Crippen LogP contribution in [0.3, 0.4) is 0 Å². The van der Waals surface area contributed by atoms with Crippen LogP contribution in [0.1, 0.15) is 30.8 Å². The first-order valence-electron chi connectivity index (χ1n) is 6.31. The van der Waals surface area contributed by atoms with Crippen LogP contribution in [-0.2, 0) is 5.75 Å². The van der Waals surface area contributed by atoms with E-state index in [1.54, 1.807) is 11.8 Å². The number of thioether (sulfide) groups is 1. The van der Waals surface area contributed by atoms with Crippen LogP contribution in [-0.4, -0.2) is 22.0 Å². The van der Waals surface area contributed by atoms with Crippen LogP contribution in [0, 0.1) is 13.8 Å². The zero-order valence-electron chi connectivity index (χ0n) is 11.5. The van der Waals surface area contributed by atoms with Gasteiger partial charge in [-0.2, -0.15) is 0 Å². The molecule has 0 saturated heterocycles. The average Bonchev–Trinajstić information content (AvgIpc) is 2.93. The molecule has 0 amide bonds. The Morgan fingerprint density at radius 2 is 2.11 bits per heavy atom. The van der Waals surface area contributed by atoms with Gasteiger partial charge >= 0.3 is 0 Å². The molecule has 2 aromatic heterocycles. The van der Waals surface area contributed by atoms with Gasteiger partial charge < -0.3 is 14.6 Å². The minimum absolute atomic E-state index is 0.498. The quantitative estimate of drug-likeness (QED) is 0.877. The predicted molar refractivity (Wildman–Crippen MR) is 75.9 cm³/mol. The first-order valence-corrected chi connectivity index (χ1v) is 7.36. The zero-order valence-corrected chi connectivity index (χ0v) is 12.3. The molecule has 0 fully saturated rings. The minimum atomic E-state index is 0.498. The Morgan fingerprint density at radius 3 is 2.74 bits per heavy atom. The Balaban J connectivity index is 2.01. The highest BCUT2D eigenvalue weighted by Gasteiger charge is 2.15. The lowest BCUT2D eigenvalue weighted by molar-refractivity contribution is 0.499. The molecule has 0 aliphatic carbocycles. The monoisotopic (exact) mass is 281 g/mol. The average molecular weight is 281 g/mol. The molecule has 2 N–H and O–H groups in total. The van der Waals surface area contributed by atoms with Crippen LogP contribution >= 0.6 is 11.8 Å². The molecular weight excluding hydrogens is 262 g/mol. The molecular formula is C13H19N3O2S. The normalized spacial score (nSPS) is 12.8. The molecule has 0 aliphatic heterocycles. The fraction of sp³-hybridized carbons (Fsp3) is 0.538. The van der Waals surface area contributed by atoms with Gasteiger partial charge in [-0.1, -0.05) is 6.92 Å². The van der Waals surface area contributed by atoms with Gasteiger partial charge in [-0.25, -0.2) is 0 Å². The van der Waals surface area contributed by atoms with Gasteiger partial charge in [0.2, 0.25) is 5.89 Å². The van der Waals surface area contributed by atoms with Crippen molar-refractivity contribution in [2.45, 2.75) is 38.2 Å². The molecule has 2 heterocycles. The molecule has 1 unspecified atom stereocenters. The van der Waals surface area contributed by atoms with Crippen molar-refractivity contribution in [2.24, 2.45) is 5.73 Å². The Labute approximate surface area is 117 Å². The van der Waals surface area contributed by atoms with Crippen molar-refractivity contribution in [1.29, 1.82) is 0 Å². The fourth-order valence-electron chi connectivity index (χ4n) is 1.80. The molecule has 2 aromatic rings. The molecule has 0 saturated carbocycles. The molecule has 0 bridgehead atoms. The number of nitrogens with two attached hydrogens (primary N) is 1. The van der Waals surface area contributed by atoms with E-state index in [1.165, 1.54) is 0 Å². The summed E-state index contributed by atoms with van der Waals surface area (Å²) in [4.78, 5) is 0. The van der Waals surface area contributed by atoms with E-state index in [0.29, 0.717) is 29.3 Å². The van der Waals surface area contributed by atoms with E-state index in [2.05, 4.69) is 17.1 Å². The lowest BCUT2D eigenvalue weighted by Gasteiger charge is -2.06. The fourth-order valence-corrected chi connectivity index (χ4v) is 2.64. The van der Waals surface area contributed by atoms with Crippen LogP contribution in [0.15, 0.2) is 14.9 Å². The highest BCUT2D eigenvalue weighted by Crippen LogP contribution is 2.27. The van der Waals surface area contributed by atoms with Gasteiger partial charge in [-0.05, 0) is 32.9 Å². The second-order valence-electron chi connectivity index (χ2n) is 4.53. The molecule has 104 valence electrons. The molecule has 0 spiro atoms. The summed E-state index contributed by atoms with van der Waals surface area (Å²) < 4.78 is 11.1. The maximum Gasteiger partial charge on any atom is 0.251 e. The molecule has 0 radical (unpaired) electrons. The van der Waals surface area contributed by atoms with E-state index < -0.39 is 0 Å². The number of furan rings is 1. The topological polar surface area (TPSA) is 78.1 Å². The van der Waals surface area contributed by atoms with Gasteiger partial charge in [-0.15, -0.1) is 22.0 Å². The first-order chi connectivity index (χ1) is 9.10. The van der Waals surface area contributed by atoms with Crippen LogP contribution in [0.5, 0.6) is 0 Å². The van der Waals surface area contributed by atoms with Crippen LogP contribution in [0.4, 0.5) is 0 Å². The maximum absolute atomic E-state index is 5.66. The van der Waals surface area contributed by atoms with Gasteiger partial charge in [-0.3, -0.25) is 0 Å². The maximum atomic E-state index is 5.66. The summed E-state index contributed by atoms with van der Waals surface area (Å²) in [7, 11) is 0. The molecule has 2 rings (SSSR count). The van der Waals surface area contributed by atoms with Gasteiger partial charge in [0.1, 0.15) is 11.5 Å². The van der Waals surface area contributed by atoms with Crippen molar-refractivity contribution in [3.63, 3.8) is 0 Å². The van der Waals surface area contributed by atoms with E-state index in [1.807, 2.05) is 19.9 Å². The molecule has 5 nitrogen and oxygen atoms in total.